The molecule has 40 heavy (non-hydrogen) atoms. The number of nitrogens with zero attached hydrogens (tertiary/aromatic N) is 6. The fourth-order valence-corrected chi connectivity index (χ4v) is 6.77. The van der Waals surface area contributed by atoms with E-state index in [-0.39, 0.29) is 0 Å². The summed E-state index contributed by atoms with van der Waals surface area (Å²) in [5.41, 5.74) is 10.00. The van der Waals surface area contributed by atoms with E-state index in [4.69, 9.17) is 9.97 Å². The third-order valence-corrected chi connectivity index (χ3v) is 8.83. The molecule has 0 unspecified atom stereocenters. The molecule has 0 spiro atoms. The monoisotopic (exact) mass is 596 g/mol. The lowest BCUT2D eigenvalue weighted by Gasteiger charge is -2.28. The van der Waals surface area contributed by atoms with Gasteiger partial charge in [-0.05, 0) is 91.5 Å². The van der Waals surface area contributed by atoms with Crippen LogP contribution in [0.1, 0.15) is 29.8 Å². The first-order chi connectivity index (χ1) is 19.4. The number of nitrogens with one attached hydrogen (secondary N) is 2. The average Bonchev–Trinajstić information content (AvgIpc) is 3.53. The van der Waals surface area contributed by atoms with Crippen LogP contribution in [0.4, 0.5) is 23.0 Å². The minimum atomic E-state index is 0.545. The van der Waals surface area contributed by atoms with E-state index in [2.05, 4.69) is 77.5 Å². The van der Waals surface area contributed by atoms with Crippen molar-refractivity contribution in [1.29, 1.82) is 0 Å². The Balaban J connectivity index is 0.000000132. The molecule has 4 aliphatic rings. The summed E-state index contributed by atoms with van der Waals surface area (Å²) in [5, 5.41) is 7.12. The van der Waals surface area contributed by atoms with Gasteiger partial charge < -0.3 is 20.4 Å². The van der Waals surface area contributed by atoms with Gasteiger partial charge in [0.2, 0.25) is 0 Å². The van der Waals surface area contributed by atoms with E-state index < -0.39 is 0 Å². The predicted octanol–water partition coefficient (Wildman–Crippen LogP) is 5.98. The van der Waals surface area contributed by atoms with Crippen LogP contribution in [0.25, 0.3) is 22.5 Å². The molecule has 2 atom stereocenters. The summed E-state index contributed by atoms with van der Waals surface area (Å²) in [7, 11) is 0. The Kier molecular flexibility index (Phi) is 6.34. The molecule has 9 heteroatoms. The van der Waals surface area contributed by atoms with E-state index in [1.54, 1.807) is 0 Å². The molecule has 0 saturated carbocycles. The summed E-state index contributed by atoms with van der Waals surface area (Å²) in [4.78, 5) is 23.1. The SMILES string of the molecule is Cc1cc(-c2nc3c(cc2Br)N2CC[C@@H](C2)N3)ccn1.Cc1cc(-c2nc3c(cc2C)N2CC[C@@H](C2)N3)ccn1. The van der Waals surface area contributed by atoms with E-state index in [0.29, 0.717) is 12.1 Å². The van der Waals surface area contributed by atoms with E-state index in [1.807, 2.05) is 38.4 Å². The molecule has 2 N–H and O–H groups in total. The molecule has 0 radical (unpaired) electrons. The summed E-state index contributed by atoms with van der Waals surface area (Å²) in [6.07, 6.45) is 6.08. The maximum absolute atomic E-state index is 4.88. The van der Waals surface area contributed by atoms with Crippen LogP contribution < -0.4 is 20.4 Å². The van der Waals surface area contributed by atoms with Gasteiger partial charge in [-0.2, -0.15) is 0 Å². The van der Waals surface area contributed by atoms with E-state index >= 15 is 0 Å². The van der Waals surface area contributed by atoms with E-state index in [9.17, 15) is 0 Å². The third-order valence-electron chi connectivity index (χ3n) is 8.23. The van der Waals surface area contributed by atoms with Crippen molar-refractivity contribution in [2.24, 2.45) is 0 Å². The molecule has 8 nitrogen and oxygen atoms in total. The minimum absolute atomic E-state index is 0.545. The Labute approximate surface area is 243 Å². The number of aryl methyl sites for hydroxylation is 3. The van der Waals surface area contributed by atoms with Gasteiger partial charge >= 0.3 is 0 Å². The average molecular weight is 598 g/mol. The quantitative estimate of drug-likeness (QED) is 0.292. The first-order valence-electron chi connectivity index (χ1n) is 14.0. The van der Waals surface area contributed by atoms with Crippen LogP contribution in [-0.2, 0) is 0 Å². The molecule has 4 aromatic rings. The zero-order valence-corrected chi connectivity index (χ0v) is 24.7. The molecule has 4 bridgehead atoms. The zero-order chi connectivity index (χ0) is 27.4. The minimum Gasteiger partial charge on any atom is -0.366 e. The van der Waals surface area contributed by atoms with Crippen molar-refractivity contribution in [2.45, 2.75) is 45.7 Å². The molecule has 4 aliphatic heterocycles. The Morgan fingerprint density at radius 2 is 1.25 bits per heavy atom. The second-order valence-corrected chi connectivity index (χ2v) is 12.1. The second-order valence-electron chi connectivity index (χ2n) is 11.2. The van der Waals surface area contributed by atoms with Crippen LogP contribution in [0.5, 0.6) is 0 Å². The van der Waals surface area contributed by atoms with Crippen LogP contribution in [0.3, 0.4) is 0 Å². The fraction of sp³-hybridized carbons (Fsp3) is 0.355. The Morgan fingerprint density at radius 3 is 1.82 bits per heavy atom. The Hall–Kier alpha value is -3.72. The second kappa shape index (κ2) is 10.0. The van der Waals surface area contributed by atoms with E-state index in [1.165, 1.54) is 29.8 Å². The number of aromatic nitrogens is 4. The van der Waals surface area contributed by atoms with Gasteiger partial charge in [0.15, 0.2) is 11.6 Å². The molecule has 0 aliphatic carbocycles. The maximum Gasteiger partial charge on any atom is 0.150 e. The summed E-state index contributed by atoms with van der Waals surface area (Å²) in [6.45, 7) is 10.6. The lowest BCUT2D eigenvalue weighted by Crippen LogP contribution is -2.32. The molecule has 0 aromatic carbocycles. The lowest BCUT2D eigenvalue weighted by atomic mass is 10.1. The maximum atomic E-state index is 4.88. The van der Waals surface area contributed by atoms with E-state index in [0.717, 1.165) is 76.2 Å². The number of hydrogen-bond donors (Lipinski definition) is 2. The number of hydrogen-bond acceptors (Lipinski definition) is 8. The Bertz CT molecular complexity index is 1490. The van der Waals surface area contributed by atoms with Crippen molar-refractivity contribution >= 4 is 38.9 Å². The smallest absolute Gasteiger partial charge is 0.150 e. The molecule has 0 amide bonds. The van der Waals surface area contributed by atoms with Gasteiger partial charge in [-0.15, -0.1) is 0 Å². The fourth-order valence-electron chi connectivity index (χ4n) is 6.23. The van der Waals surface area contributed by atoms with Gasteiger partial charge in [0.05, 0.1) is 22.8 Å². The highest BCUT2D eigenvalue weighted by atomic mass is 79.9. The van der Waals surface area contributed by atoms with Crippen molar-refractivity contribution < 1.29 is 0 Å². The van der Waals surface area contributed by atoms with Crippen molar-refractivity contribution in [2.75, 3.05) is 46.6 Å². The number of anilines is 4. The third kappa shape index (κ3) is 4.66. The molecular formula is C31H33BrN8. The normalized spacial score (nSPS) is 19.7. The van der Waals surface area contributed by atoms with Crippen LogP contribution in [0.15, 0.2) is 53.3 Å². The number of fused-ring (bicyclic) bond motifs is 8. The standard InChI is InChI=1S/C16H18N4.C15H15BrN4/c1-10-7-14-16(18-13-4-6-20(14)9-13)19-15(10)12-3-5-17-11(2)8-12;1-9-6-10(2-4-17-9)14-12(16)7-13-15(19-14)18-11-3-5-20(13)8-11/h3,5,7-8,13H,4,6,9H2,1-2H3,(H,18,19);2,4,6-7,11H,3,5,8H2,1H3,(H,18,19)/t13-;11-/m00/s1. The highest BCUT2D eigenvalue weighted by Gasteiger charge is 2.32. The predicted molar refractivity (Wildman–Crippen MR) is 165 cm³/mol. The van der Waals surface area contributed by atoms with Crippen LogP contribution in [0.2, 0.25) is 0 Å². The zero-order valence-electron chi connectivity index (χ0n) is 23.1. The number of halogens is 1. The van der Waals surface area contributed by atoms with Crippen LogP contribution in [0, 0.1) is 20.8 Å². The molecule has 8 heterocycles. The van der Waals surface area contributed by atoms with Crippen LogP contribution >= 0.6 is 15.9 Å². The topological polar surface area (TPSA) is 82.1 Å². The summed E-state index contributed by atoms with van der Waals surface area (Å²) < 4.78 is 1.04. The van der Waals surface area contributed by atoms with Crippen molar-refractivity contribution in [3.8, 4) is 22.5 Å². The highest BCUT2D eigenvalue weighted by molar-refractivity contribution is 9.10. The molecule has 2 fully saturated rings. The molecule has 4 aromatic heterocycles. The molecular weight excluding hydrogens is 564 g/mol. The summed E-state index contributed by atoms with van der Waals surface area (Å²) in [5.74, 6) is 2.04. The van der Waals surface area contributed by atoms with Gasteiger partial charge in [-0.25, -0.2) is 9.97 Å². The van der Waals surface area contributed by atoms with Gasteiger partial charge in [0, 0.05) is 77.6 Å². The number of pyridine rings is 4. The van der Waals surface area contributed by atoms with Gasteiger partial charge in [-0.1, -0.05) is 0 Å². The van der Waals surface area contributed by atoms with Crippen molar-refractivity contribution in [3.05, 3.63) is 70.2 Å². The first kappa shape index (κ1) is 25.3. The highest BCUT2D eigenvalue weighted by Crippen LogP contribution is 2.40. The molecule has 204 valence electrons. The number of rotatable bonds is 2. The summed E-state index contributed by atoms with van der Waals surface area (Å²) in [6, 6.07) is 13.8. The van der Waals surface area contributed by atoms with Gasteiger partial charge in [0.1, 0.15) is 0 Å². The Morgan fingerprint density at radius 1 is 0.725 bits per heavy atom. The van der Waals surface area contributed by atoms with Crippen molar-refractivity contribution in [3.63, 3.8) is 0 Å². The van der Waals surface area contributed by atoms with Crippen LogP contribution in [-0.4, -0.2) is 58.2 Å². The van der Waals surface area contributed by atoms with Gasteiger partial charge in [0.25, 0.3) is 0 Å². The lowest BCUT2D eigenvalue weighted by molar-refractivity contribution is 0.788. The van der Waals surface area contributed by atoms with Gasteiger partial charge in [-0.3, -0.25) is 9.97 Å². The molecule has 8 rings (SSSR count). The van der Waals surface area contributed by atoms with Crippen molar-refractivity contribution in [1.82, 2.24) is 19.9 Å². The molecule has 2 saturated heterocycles. The largest absolute Gasteiger partial charge is 0.366 e. The first-order valence-corrected chi connectivity index (χ1v) is 14.8. The summed E-state index contributed by atoms with van der Waals surface area (Å²) >= 11 is 3.67.